The number of carbonyl (C=O) groups is 1. The molecule has 23 heavy (non-hydrogen) atoms. The van der Waals surface area contributed by atoms with Gasteiger partial charge in [-0.05, 0) is 36.0 Å². The maximum atomic E-state index is 10.9. The average Bonchev–Trinajstić information content (AvgIpc) is 2.56. The zero-order valence-corrected chi connectivity index (χ0v) is 13.5. The number of aliphatic hydroxyl groups excluding tert-OH is 2. The Morgan fingerprint density at radius 2 is 2.17 bits per heavy atom. The van der Waals surface area contributed by atoms with Crippen molar-refractivity contribution in [1.29, 1.82) is 0 Å². The number of allylic oxidation sites excluding steroid dienone is 1. The SMILES string of the molecule is CC(C)(CC/C=C/C(=O)NO)[C@H](O)c1cccc(OCCO)c1. The third-order valence-corrected chi connectivity index (χ3v) is 3.61. The third kappa shape index (κ3) is 6.40. The highest BCUT2D eigenvalue weighted by Gasteiger charge is 2.28. The Bertz CT molecular complexity index is 527. The topological polar surface area (TPSA) is 99.0 Å². The molecule has 1 rings (SSSR count). The maximum Gasteiger partial charge on any atom is 0.267 e. The van der Waals surface area contributed by atoms with E-state index < -0.39 is 17.4 Å². The Balaban J connectivity index is 2.68. The van der Waals surface area contributed by atoms with E-state index in [0.29, 0.717) is 18.6 Å². The molecule has 0 aliphatic carbocycles. The Morgan fingerprint density at radius 1 is 1.43 bits per heavy atom. The average molecular weight is 323 g/mol. The quantitative estimate of drug-likeness (QED) is 0.316. The second-order valence-electron chi connectivity index (χ2n) is 5.95. The van der Waals surface area contributed by atoms with E-state index in [4.69, 9.17) is 15.1 Å². The molecule has 0 heterocycles. The van der Waals surface area contributed by atoms with Crippen molar-refractivity contribution in [2.45, 2.75) is 32.8 Å². The normalized spacial score (nSPS) is 13.1. The molecule has 1 aromatic rings. The van der Waals surface area contributed by atoms with Crippen LogP contribution < -0.4 is 10.2 Å². The number of rotatable bonds is 9. The fourth-order valence-corrected chi connectivity index (χ4v) is 2.21. The lowest BCUT2D eigenvalue weighted by molar-refractivity contribution is -0.124. The van der Waals surface area contributed by atoms with Gasteiger partial charge in [-0.3, -0.25) is 10.0 Å². The molecule has 0 radical (unpaired) electrons. The lowest BCUT2D eigenvalue weighted by atomic mass is 9.79. The van der Waals surface area contributed by atoms with E-state index in [0.717, 1.165) is 5.56 Å². The molecule has 1 aromatic carbocycles. The Labute approximate surface area is 136 Å². The molecule has 6 heteroatoms. The van der Waals surface area contributed by atoms with E-state index in [9.17, 15) is 9.90 Å². The van der Waals surface area contributed by atoms with Crippen LogP contribution in [-0.4, -0.2) is 34.5 Å². The van der Waals surface area contributed by atoms with Crippen molar-refractivity contribution in [3.05, 3.63) is 42.0 Å². The smallest absolute Gasteiger partial charge is 0.267 e. The van der Waals surface area contributed by atoms with Crippen LogP contribution in [0.1, 0.15) is 38.4 Å². The summed E-state index contributed by atoms with van der Waals surface area (Å²) in [4.78, 5) is 10.9. The van der Waals surface area contributed by atoms with Gasteiger partial charge in [0.05, 0.1) is 12.7 Å². The Morgan fingerprint density at radius 3 is 2.83 bits per heavy atom. The van der Waals surface area contributed by atoms with Crippen molar-refractivity contribution in [3.63, 3.8) is 0 Å². The summed E-state index contributed by atoms with van der Waals surface area (Å²) in [6.45, 7) is 4.03. The van der Waals surface area contributed by atoms with Crippen LogP contribution >= 0.6 is 0 Å². The number of amides is 1. The monoisotopic (exact) mass is 323 g/mol. The molecule has 4 N–H and O–H groups in total. The molecule has 0 unspecified atom stereocenters. The third-order valence-electron chi connectivity index (χ3n) is 3.61. The highest BCUT2D eigenvalue weighted by molar-refractivity contribution is 5.86. The lowest BCUT2D eigenvalue weighted by Crippen LogP contribution is -2.22. The van der Waals surface area contributed by atoms with Crippen molar-refractivity contribution in [3.8, 4) is 5.75 Å². The summed E-state index contributed by atoms with van der Waals surface area (Å²) in [5.41, 5.74) is 1.86. The number of aliphatic hydroxyl groups is 2. The van der Waals surface area contributed by atoms with Crippen molar-refractivity contribution >= 4 is 5.91 Å². The summed E-state index contributed by atoms with van der Waals surface area (Å²) in [6, 6.07) is 7.16. The molecule has 0 saturated heterocycles. The van der Waals surface area contributed by atoms with E-state index in [2.05, 4.69) is 0 Å². The molecule has 1 atom stereocenters. The van der Waals surface area contributed by atoms with Gasteiger partial charge < -0.3 is 14.9 Å². The van der Waals surface area contributed by atoms with Crippen LogP contribution in [0.5, 0.6) is 5.75 Å². The second-order valence-corrected chi connectivity index (χ2v) is 5.95. The predicted molar refractivity (Wildman–Crippen MR) is 86.1 cm³/mol. The molecule has 0 aromatic heterocycles. The first-order valence-corrected chi connectivity index (χ1v) is 7.53. The van der Waals surface area contributed by atoms with Gasteiger partial charge in [-0.15, -0.1) is 0 Å². The van der Waals surface area contributed by atoms with Crippen molar-refractivity contribution in [1.82, 2.24) is 5.48 Å². The fraction of sp³-hybridized carbons (Fsp3) is 0.471. The van der Waals surface area contributed by atoms with E-state index in [1.54, 1.807) is 24.3 Å². The van der Waals surface area contributed by atoms with Gasteiger partial charge in [-0.2, -0.15) is 0 Å². The summed E-state index contributed by atoms with van der Waals surface area (Å²) in [7, 11) is 0. The van der Waals surface area contributed by atoms with Gasteiger partial charge >= 0.3 is 0 Å². The summed E-state index contributed by atoms with van der Waals surface area (Å²) in [5.74, 6) is 0.0306. The van der Waals surface area contributed by atoms with Crippen molar-refractivity contribution in [2.75, 3.05) is 13.2 Å². The molecule has 0 spiro atoms. The highest BCUT2D eigenvalue weighted by atomic mass is 16.5. The van der Waals surface area contributed by atoms with Gasteiger partial charge in [0.15, 0.2) is 0 Å². The molecule has 0 fully saturated rings. The summed E-state index contributed by atoms with van der Waals surface area (Å²) in [6.07, 6.45) is 3.47. The summed E-state index contributed by atoms with van der Waals surface area (Å²) in [5, 5.41) is 27.8. The number of nitrogens with one attached hydrogen (secondary N) is 1. The van der Waals surface area contributed by atoms with Crippen LogP contribution in [0.2, 0.25) is 0 Å². The van der Waals surface area contributed by atoms with Crippen LogP contribution in [0.25, 0.3) is 0 Å². The summed E-state index contributed by atoms with van der Waals surface area (Å²) >= 11 is 0. The first kappa shape index (κ1) is 19.2. The standard InChI is InChI=1S/C17H25NO5/c1-17(2,9-4-3-8-15(20)18-22)16(21)13-6-5-7-14(12-13)23-11-10-19/h3,5-8,12,16,19,21-22H,4,9-11H2,1-2H3,(H,18,20)/b8-3+/t16-/m1/s1. The fourth-order valence-electron chi connectivity index (χ4n) is 2.21. The number of benzene rings is 1. The van der Waals surface area contributed by atoms with Gasteiger partial charge in [0.1, 0.15) is 12.4 Å². The van der Waals surface area contributed by atoms with Crippen molar-refractivity contribution in [2.24, 2.45) is 5.41 Å². The second kappa shape index (κ2) is 9.29. The molecule has 1 amide bonds. The lowest BCUT2D eigenvalue weighted by Gasteiger charge is -2.30. The number of hydroxylamine groups is 1. The zero-order valence-electron chi connectivity index (χ0n) is 13.5. The zero-order chi connectivity index (χ0) is 17.3. The van der Waals surface area contributed by atoms with Gasteiger partial charge in [-0.25, -0.2) is 5.48 Å². The van der Waals surface area contributed by atoms with Crippen LogP contribution in [0.15, 0.2) is 36.4 Å². The Kier molecular flexibility index (Phi) is 7.74. The van der Waals surface area contributed by atoms with Crippen molar-refractivity contribution < 1.29 is 25.0 Å². The van der Waals surface area contributed by atoms with Gasteiger partial charge in [0, 0.05) is 6.08 Å². The van der Waals surface area contributed by atoms with E-state index >= 15 is 0 Å². The molecule has 128 valence electrons. The molecular weight excluding hydrogens is 298 g/mol. The number of hydrogen-bond acceptors (Lipinski definition) is 5. The first-order chi connectivity index (χ1) is 10.9. The van der Waals surface area contributed by atoms with E-state index in [1.807, 2.05) is 19.9 Å². The van der Waals surface area contributed by atoms with E-state index in [-0.39, 0.29) is 13.2 Å². The maximum absolute atomic E-state index is 10.9. The minimum absolute atomic E-state index is 0.0635. The largest absolute Gasteiger partial charge is 0.491 e. The van der Waals surface area contributed by atoms with Crippen LogP contribution in [-0.2, 0) is 4.79 Å². The Hall–Kier alpha value is -1.89. The van der Waals surface area contributed by atoms with Gasteiger partial charge in [-0.1, -0.05) is 32.1 Å². The first-order valence-electron chi connectivity index (χ1n) is 7.53. The molecule has 0 aliphatic heterocycles. The molecule has 6 nitrogen and oxygen atoms in total. The number of hydrogen-bond donors (Lipinski definition) is 4. The number of ether oxygens (including phenoxy) is 1. The minimum Gasteiger partial charge on any atom is -0.491 e. The summed E-state index contributed by atoms with van der Waals surface area (Å²) < 4.78 is 5.36. The van der Waals surface area contributed by atoms with Crippen LogP contribution in [0.4, 0.5) is 0 Å². The van der Waals surface area contributed by atoms with E-state index in [1.165, 1.54) is 11.6 Å². The van der Waals surface area contributed by atoms with Gasteiger partial charge in [0.25, 0.3) is 5.91 Å². The molecule has 0 bridgehead atoms. The predicted octanol–water partition coefficient (Wildman–Crippen LogP) is 1.96. The van der Waals surface area contributed by atoms with Gasteiger partial charge in [0.2, 0.25) is 0 Å². The minimum atomic E-state index is -0.694. The molecular formula is C17H25NO5. The highest BCUT2D eigenvalue weighted by Crippen LogP contribution is 2.38. The number of carbonyl (C=O) groups excluding carboxylic acids is 1. The molecule has 0 aliphatic rings. The van der Waals surface area contributed by atoms with Crippen LogP contribution in [0.3, 0.4) is 0 Å². The van der Waals surface area contributed by atoms with Crippen LogP contribution in [0, 0.1) is 5.41 Å². The molecule has 0 saturated carbocycles.